The third-order valence-electron chi connectivity index (χ3n) is 6.98. The molecule has 4 fully saturated rings. The van der Waals surface area contributed by atoms with Gasteiger partial charge >= 0.3 is 0 Å². The zero-order valence-electron chi connectivity index (χ0n) is 18.1. The van der Waals surface area contributed by atoms with E-state index in [1.165, 1.54) is 0 Å². The minimum atomic E-state index is -0.639. The molecule has 0 spiro atoms. The molecule has 5 rings (SSSR count). The van der Waals surface area contributed by atoms with Gasteiger partial charge in [-0.3, -0.25) is 19.2 Å². The first-order valence-electron chi connectivity index (χ1n) is 11.3. The van der Waals surface area contributed by atoms with E-state index < -0.39 is 12.1 Å². The molecule has 2 N–H and O–H groups in total. The molecule has 1 saturated carbocycles. The third kappa shape index (κ3) is 3.69. The van der Waals surface area contributed by atoms with Crippen molar-refractivity contribution in [3.05, 3.63) is 29.8 Å². The van der Waals surface area contributed by atoms with Crippen LogP contribution in [0.25, 0.3) is 0 Å². The molecular weight excluding hydrogens is 412 g/mol. The van der Waals surface area contributed by atoms with E-state index in [1.54, 1.807) is 23.0 Å². The number of nitrogens with zero attached hydrogens (tertiary/aromatic N) is 2. The number of hydrogen-bond acceptors (Lipinski definition) is 5. The summed E-state index contributed by atoms with van der Waals surface area (Å²) in [7, 11) is 1.56. The van der Waals surface area contributed by atoms with Crippen LogP contribution in [0.4, 0.5) is 0 Å². The Bertz CT molecular complexity index is 961. The maximum atomic E-state index is 13.4. The lowest BCUT2D eigenvalue weighted by Gasteiger charge is -2.29. The van der Waals surface area contributed by atoms with Gasteiger partial charge in [-0.25, -0.2) is 0 Å². The van der Waals surface area contributed by atoms with Crippen LogP contribution >= 0.6 is 0 Å². The lowest BCUT2D eigenvalue weighted by molar-refractivity contribution is -0.145. The molecule has 1 aromatic rings. The normalized spacial score (nSPS) is 29.2. The number of para-hydroxylation sites is 1. The highest BCUT2D eigenvalue weighted by molar-refractivity contribution is 5.97. The average Bonchev–Trinajstić information content (AvgIpc) is 3.44. The number of amides is 4. The summed E-state index contributed by atoms with van der Waals surface area (Å²) in [4.78, 5) is 54.9. The maximum Gasteiger partial charge on any atom is 0.248 e. The Morgan fingerprint density at radius 2 is 1.97 bits per heavy atom. The summed E-state index contributed by atoms with van der Waals surface area (Å²) in [5.41, 5.74) is 0.775. The molecule has 4 aliphatic rings. The first kappa shape index (κ1) is 20.8. The fourth-order valence-electron chi connectivity index (χ4n) is 5.24. The predicted molar refractivity (Wildman–Crippen MR) is 114 cm³/mol. The van der Waals surface area contributed by atoms with Gasteiger partial charge in [0.05, 0.1) is 19.6 Å². The molecule has 4 amide bonds. The van der Waals surface area contributed by atoms with Gasteiger partial charge in [-0.2, -0.15) is 0 Å². The molecule has 3 saturated heterocycles. The van der Waals surface area contributed by atoms with E-state index in [0.717, 1.165) is 18.4 Å². The Morgan fingerprint density at radius 1 is 1.19 bits per heavy atom. The number of fused-ring (bicyclic) bond motifs is 2. The van der Waals surface area contributed by atoms with Crippen LogP contribution < -0.4 is 15.4 Å². The first-order chi connectivity index (χ1) is 15.5. The molecule has 3 heterocycles. The monoisotopic (exact) mass is 440 g/mol. The number of methoxy groups -OCH3 is 1. The van der Waals surface area contributed by atoms with Crippen LogP contribution in [0.15, 0.2) is 24.3 Å². The molecule has 0 bridgehead atoms. The van der Waals surface area contributed by atoms with Crippen molar-refractivity contribution in [3.63, 3.8) is 0 Å². The Labute approximate surface area is 186 Å². The summed E-state index contributed by atoms with van der Waals surface area (Å²) in [6.45, 7) is 0.761. The number of ether oxygens (including phenoxy) is 1. The van der Waals surface area contributed by atoms with Gasteiger partial charge in [0.25, 0.3) is 0 Å². The van der Waals surface area contributed by atoms with Crippen LogP contribution in [0.5, 0.6) is 5.75 Å². The van der Waals surface area contributed by atoms with Gasteiger partial charge in [0.1, 0.15) is 17.8 Å². The molecule has 0 unspecified atom stereocenters. The van der Waals surface area contributed by atoms with Crippen molar-refractivity contribution >= 4 is 23.6 Å². The van der Waals surface area contributed by atoms with Gasteiger partial charge in [-0.15, -0.1) is 0 Å². The van der Waals surface area contributed by atoms with Crippen molar-refractivity contribution in [2.75, 3.05) is 20.2 Å². The number of nitrogens with one attached hydrogen (secondary N) is 2. The fraction of sp³-hybridized carbons (Fsp3) is 0.565. The van der Waals surface area contributed by atoms with Crippen molar-refractivity contribution in [3.8, 4) is 5.75 Å². The summed E-state index contributed by atoms with van der Waals surface area (Å²) in [6, 6.07) is 5.42. The van der Waals surface area contributed by atoms with Crippen LogP contribution in [-0.4, -0.2) is 77.8 Å². The van der Waals surface area contributed by atoms with Gasteiger partial charge in [0.15, 0.2) is 0 Å². The average molecular weight is 441 g/mol. The van der Waals surface area contributed by atoms with Crippen molar-refractivity contribution in [1.82, 2.24) is 20.4 Å². The van der Waals surface area contributed by atoms with E-state index in [1.807, 2.05) is 18.2 Å². The van der Waals surface area contributed by atoms with E-state index >= 15 is 0 Å². The molecule has 9 heteroatoms. The Hall–Kier alpha value is -3.10. The molecule has 1 aromatic carbocycles. The molecule has 0 radical (unpaired) electrons. The number of likely N-dealkylation sites (tertiary alicyclic amines) is 1. The third-order valence-corrected chi connectivity index (χ3v) is 6.98. The summed E-state index contributed by atoms with van der Waals surface area (Å²) >= 11 is 0. The van der Waals surface area contributed by atoms with Crippen molar-refractivity contribution in [1.29, 1.82) is 0 Å². The Kier molecular flexibility index (Phi) is 5.27. The zero-order valence-corrected chi connectivity index (χ0v) is 18.1. The standard InChI is InChI=1S/C23H28N4O5/c1-32-18-5-3-2-4-14(18)10-19(28)24-15-11-17-21(29)25-16-8-9-26(22(30)13-6-7-13)20(16)23(31)27(17)12-15/h2-5,13,15-17,20H,6-12H2,1H3,(H,24,28)(H,25,29)/t15-,16-,17+,20+/m1/s1. The van der Waals surface area contributed by atoms with E-state index in [9.17, 15) is 19.2 Å². The predicted octanol–water partition coefficient (Wildman–Crippen LogP) is -0.167. The highest BCUT2D eigenvalue weighted by Crippen LogP contribution is 2.36. The van der Waals surface area contributed by atoms with Crippen LogP contribution in [0, 0.1) is 5.92 Å². The number of hydrogen-bond donors (Lipinski definition) is 2. The van der Waals surface area contributed by atoms with Crippen molar-refractivity contribution in [2.45, 2.75) is 56.3 Å². The Balaban J connectivity index is 1.27. The smallest absolute Gasteiger partial charge is 0.248 e. The molecule has 9 nitrogen and oxygen atoms in total. The summed E-state index contributed by atoms with van der Waals surface area (Å²) < 4.78 is 5.31. The van der Waals surface area contributed by atoms with Gasteiger partial charge in [0, 0.05) is 30.6 Å². The van der Waals surface area contributed by atoms with Crippen LogP contribution in [-0.2, 0) is 25.6 Å². The summed E-state index contributed by atoms with van der Waals surface area (Å²) in [5.74, 6) is 0.121. The van der Waals surface area contributed by atoms with Crippen molar-refractivity contribution in [2.24, 2.45) is 5.92 Å². The lowest BCUT2D eigenvalue weighted by atomic mass is 10.1. The largest absolute Gasteiger partial charge is 0.496 e. The maximum absolute atomic E-state index is 13.4. The van der Waals surface area contributed by atoms with Gasteiger partial charge in [-0.1, -0.05) is 18.2 Å². The second-order valence-corrected chi connectivity index (χ2v) is 9.15. The molecule has 0 aromatic heterocycles. The van der Waals surface area contributed by atoms with E-state index in [2.05, 4.69) is 10.6 Å². The molecule has 4 atom stereocenters. The quantitative estimate of drug-likeness (QED) is 0.661. The molecule has 170 valence electrons. The number of carbonyl (C=O) groups excluding carboxylic acids is 4. The fourth-order valence-corrected chi connectivity index (χ4v) is 5.24. The second kappa shape index (κ2) is 8.11. The highest BCUT2D eigenvalue weighted by atomic mass is 16.5. The summed E-state index contributed by atoms with van der Waals surface area (Å²) in [5, 5.41) is 5.96. The molecular formula is C23H28N4O5. The van der Waals surface area contributed by atoms with Gasteiger partial charge < -0.3 is 25.2 Å². The van der Waals surface area contributed by atoms with Gasteiger partial charge in [-0.05, 0) is 31.7 Å². The number of benzene rings is 1. The molecule has 32 heavy (non-hydrogen) atoms. The zero-order chi connectivity index (χ0) is 22.4. The SMILES string of the molecule is COc1ccccc1CC(=O)N[C@@H]1C[C@H]2C(=O)N[C@@H]3CCN(C(=O)C4CC4)[C@@H]3C(=O)N2C1. The van der Waals surface area contributed by atoms with Crippen LogP contribution in [0.2, 0.25) is 0 Å². The van der Waals surface area contributed by atoms with Gasteiger partial charge in [0.2, 0.25) is 23.6 Å². The van der Waals surface area contributed by atoms with E-state index in [4.69, 9.17) is 4.74 Å². The number of rotatable bonds is 5. The second-order valence-electron chi connectivity index (χ2n) is 9.15. The minimum Gasteiger partial charge on any atom is -0.496 e. The topological polar surface area (TPSA) is 108 Å². The van der Waals surface area contributed by atoms with Crippen molar-refractivity contribution < 1.29 is 23.9 Å². The van der Waals surface area contributed by atoms with Crippen LogP contribution in [0.3, 0.4) is 0 Å². The van der Waals surface area contributed by atoms with Crippen LogP contribution in [0.1, 0.15) is 31.2 Å². The number of carbonyl (C=O) groups is 4. The minimum absolute atomic E-state index is 0.0249. The molecule has 3 aliphatic heterocycles. The van der Waals surface area contributed by atoms with E-state index in [0.29, 0.717) is 25.1 Å². The first-order valence-corrected chi connectivity index (χ1v) is 11.3. The molecule has 1 aliphatic carbocycles. The lowest BCUT2D eigenvalue weighted by Crippen LogP contribution is -2.53. The highest BCUT2D eigenvalue weighted by Gasteiger charge is 2.53. The van der Waals surface area contributed by atoms with E-state index in [-0.39, 0.29) is 54.6 Å². The Morgan fingerprint density at radius 3 is 2.72 bits per heavy atom. The summed E-state index contributed by atoms with van der Waals surface area (Å²) in [6.07, 6.45) is 2.87.